The number of hydrogen-bond donors (Lipinski definition) is 4. The summed E-state index contributed by atoms with van der Waals surface area (Å²) in [6.45, 7) is 0. The molecule has 1 aromatic heterocycles. The van der Waals surface area contributed by atoms with Gasteiger partial charge < -0.3 is 16.3 Å². The second-order valence-corrected chi connectivity index (χ2v) is 4.70. The van der Waals surface area contributed by atoms with Crippen molar-refractivity contribution < 1.29 is 0 Å². The van der Waals surface area contributed by atoms with Crippen LogP contribution in [0.1, 0.15) is 16.7 Å². The first kappa shape index (κ1) is 13.7. The van der Waals surface area contributed by atoms with E-state index in [9.17, 15) is 0 Å². The number of hydrazine groups is 1. The van der Waals surface area contributed by atoms with Gasteiger partial charge >= 0.3 is 0 Å². The quantitative estimate of drug-likeness (QED) is 0.180. The van der Waals surface area contributed by atoms with Crippen molar-refractivity contribution in [1.29, 1.82) is 0 Å². The minimum absolute atomic E-state index is 0.413. The fourth-order valence-electron chi connectivity index (χ4n) is 2.25. The molecule has 3 aromatic rings. The highest BCUT2D eigenvalue weighted by atomic mass is 15.3. The summed E-state index contributed by atoms with van der Waals surface area (Å²) in [5.41, 5.74) is 6.15. The molecule has 0 spiro atoms. The summed E-state index contributed by atoms with van der Waals surface area (Å²) in [5, 5.41) is 4.71. The molecule has 0 bridgehead atoms. The van der Waals surface area contributed by atoms with E-state index in [-0.39, 0.29) is 0 Å². The molecule has 6 N–H and O–H groups in total. The van der Waals surface area contributed by atoms with Crippen LogP contribution in [0.15, 0.2) is 59.8 Å². The topological polar surface area (TPSA) is 92.2 Å². The molecule has 0 atom stereocenters. The van der Waals surface area contributed by atoms with Gasteiger partial charge in [0.25, 0.3) is 0 Å². The number of hydrazone groups is 1. The number of nitrogens with two attached hydrogens (primary N) is 2. The third-order valence-corrected chi connectivity index (χ3v) is 3.33. The van der Waals surface area contributed by atoms with E-state index in [1.165, 1.54) is 0 Å². The van der Waals surface area contributed by atoms with E-state index in [2.05, 4.69) is 27.4 Å². The van der Waals surface area contributed by atoms with E-state index >= 15 is 0 Å². The van der Waals surface area contributed by atoms with Crippen LogP contribution >= 0.6 is 0 Å². The van der Waals surface area contributed by atoms with Gasteiger partial charge in [0.1, 0.15) is 0 Å². The van der Waals surface area contributed by atoms with Gasteiger partial charge in [0, 0.05) is 28.2 Å². The molecule has 0 aliphatic rings. The van der Waals surface area contributed by atoms with Crippen LogP contribution in [0.25, 0.3) is 10.9 Å². The normalized spacial score (nSPS) is 11.0. The first-order chi connectivity index (χ1) is 10.8. The van der Waals surface area contributed by atoms with Crippen molar-refractivity contribution >= 4 is 16.7 Å². The molecule has 0 aliphatic heterocycles. The number of para-hydroxylation sites is 1. The van der Waals surface area contributed by atoms with Crippen molar-refractivity contribution in [2.24, 2.45) is 16.8 Å². The molecule has 0 saturated heterocycles. The average Bonchev–Trinajstić information content (AvgIpc) is 2.98. The Bertz CT molecular complexity index is 896. The Balaban J connectivity index is 1.96. The molecule has 22 heavy (non-hydrogen) atoms. The Morgan fingerprint density at radius 3 is 2.77 bits per heavy atom. The smallest absolute Gasteiger partial charge is 0.166 e. The lowest BCUT2D eigenvalue weighted by Gasteiger charge is -2.03. The predicted octanol–water partition coefficient (Wildman–Crippen LogP) is 1.65. The fourth-order valence-corrected chi connectivity index (χ4v) is 2.25. The maximum absolute atomic E-state index is 5.38. The second kappa shape index (κ2) is 6.04. The number of rotatable bonds is 1. The van der Waals surface area contributed by atoms with Crippen molar-refractivity contribution in [3.8, 4) is 11.8 Å². The van der Waals surface area contributed by atoms with Crippen molar-refractivity contribution in [1.82, 2.24) is 10.4 Å². The molecule has 5 heteroatoms. The minimum atomic E-state index is 0.413. The number of benzene rings is 2. The first-order valence-electron chi connectivity index (χ1n) is 6.75. The number of aromatic nitrogens is 1. The van der Waals surface area contributed by atoms with Gasteiger partial charge in [-0.25, -0.2) is 5.84 Å². The van der Waals surface area contributed by atoms with Crippen LogP contribution in [0.4, 0.5) is 0 Å². The number of amidine groups is 1. The van der Waals surface area contributed by atoms with Gasteiger partial charge in [0.2, 0.25) is 0 Å². The summed E-state index contributed by atoms with van der Waals surface area (Å²) < 4.78 is 0. The summed E-state index contributed by atoms with van der Waals surface area (Å²) >= 11 is 0. The highest BCUT2D eigenvalue weighted by molar-refractivity contribution is 5.98. The monoisotopic (exact) mass is 289 g/mol. The maximum Gasteiger partial charge on any atom is 0.166 e. The number of nitrogens with zero attached hydrogens (tertiary/aromatic N) is 1. The molecule has 0 amide bonds. The summed E-state index contributed by atoms with van der Waals surface area (Å²) in [6, 6.07) is 15.6. The van der Waals surface area contributed by atoms with Crippen molar-refractivity contribution in [2.45, 2.75) is 0 Å². The molecule has 3 rings (SSSR count). The van der Waals surface area contributed by atoms with Gasteiger partial charge in [0.15, 0.2) is 5.84 Å². The number of aromatic amines is 1. The number of nitrogens with one attached hydrogen (secondary N) is 2. The second-order valence-electron chi connectivity index (χ2n) is 4.70. The van der Waals surface area contributed by atoms with E-state index in [1.54, 1.807) is 0 Å². The molecular formula is C17H15N5. The van der Waals surface area contributed by atoms with Gasteiger partial charge in [-0.2, -0.15) is 5.10 Å². The number of H-pyrrole nitrogens is 1. The van der Waals surface area contributed by atoms with E-state index in [0.29, 0.717) is 5.84 Å². The molecule has 1 heterocycles. The molecule has 0 radical (unpaired) electrons. The van der Waals surface area contributed by atoms with Gasteiger partial charge in [-0.1, -0.05) is 42.2 Å². The van der Waals surface area contributed by atoms with E-state index in [4.69, 9.17) is 11.7 Å². The van der Waals surface area contributed by atoms with E-state index in [0.717, 1.165) is 27.6 Å². The molecule has 0 fully saturated rings. The first-order valence-corrected chi connectivity index (χ1v) is 6.75. The summed E-state index contributed by atoms with van der Waals surface area (Å²) in [7, 11) is 0. The van der Waals surface area contributed by atoms with Crippen molar-refractivity contribution in [3.63, 3.8) is 0 Å². The van der Waals surface area contributed by atoms with Gasteiger partial charge in [-0.05, 0) is 18.2 Å². The summed E-state index contributed by atoms with van der Waals surface area (Å²) in [4.78, 5) is 3.21. The van der Waals surface area contributed by atoms with Gasteiger partial charge in [-0.15, -0.1) is 0 Å². The Hall–Kier alpha value is -3.23. The SMILES string of the molecule is N/N=C(\NN)c1cccc(C#Cc2c[nH]c3ccccc23)c1. The highest BCUT2D eigenvalue weighted by Gasteiger charge is 2.02. The largest absolute Gasteiger partial charge is 0.360 e. The zero-order valence-electron chi connectivity index (χ0n) is 11.8. The zero-order valence-corrected chi connectivity index (χ0v) is 11.8. The Kier molecular flexibility index (Phi) is 3.77. The zero-order chi connectivity index (χ0) is 15.4. The fraction of sp³-hybridized carbons (Fsp3) is 0. The van der Waals surface area contributed by atoms with E-state index in [1.807, 2.05) is 54.7 Å². The van der Waals surface area contributed by atoms with Crippen LogP contribution in [0.5, 0.6) is 0 Å². The minimum Gasteiger partial charge on any atom is -0.360 e. The predicted molar refractivity (Wildman–Crippen MR) is 88.8 cm³/mol. The molecule has 5 nitrogen and oxygen atoms in total. The van der Waals surface area contributed by atoms with Crippen LogP contribution in [0.2, 0.25) is 0 Å². The van der Waals surface area contributed by atoms with E-state index < -0.39 is 0 Å². The Labute approximate surface area is 128 Å². The highest BCUT2D eigenvalue weighted by Crippen LogP contribution is 2.16. The maximum atomic E-state index is 5.38. The summed E-state index contributed by atoms with van der Waals surface area (Å²) in [6.07, 6.45) is 1.91. The number of hydrogen-bond acceptors (Lipinski definition) is 3. The van der Waals surface area contributed by atoms with Crippen LogP contribution in [-0.2, 0) is 0 Å². The third-order valence-electron chi connectivity index (χ3n) is 3.33. The van der Waals surface area contributed by atoms with Crippen molar-refractivity contribution in [2.75, 3.05) is 0 Å². The van der Waals surface area contributed by atoms with Crippen LogP contribution in [-0.4, -0.2) is 10.8 Å². The van der Waals surface area contributed by atoms with Crippen LogP contribution in [0, 0.1) is 11.8 Å². The molecule has 0 aliphatic carbocycles. The lowest BCUT2D eigenvalue weighted by atomic mass is 10.1. The van der Waals surface area contributed by atoms with Gasteiger partial charge in [-0.3, -0.25) is 0 Å². The standard InChI is InChI=1S/C17H15N5/c18-21-17(22-19)13-5-3-4-12(10-13)8-9-14-11-20-16-7-2-1-6-15(14)16/h1-7,10-11,20H,18-19H2,(H,21,22). The lowest BCUT2D eigenvalue weighted by molar-refractivity contribution is 1.00. The summed E-state index contributed by atoms with van der Waals surface area (Å²) in [5.74, 6) is 17.4. The molecule has 0 saturated carbocycles. The average molecular weight is 289 g/mol. The van der Waals surface area contributed by atoms with Crippen molar-refractivity contribution in [3.05, 3.63) is 71.4 Å². The number of fused-ring (bicyclic) bond motifs is 1. The molecular weight excluding hydrogens is 274 g/mol. The van der Waals surface area contributed by atoms with Crippen LogP contribution < -0.4 is 17.1 Å². The Morgan fingerprint density at radius 2 is 1.95 bits per heavy atom. The van der Waals surface area contributed by atoms with Crippen LogP contribution in [0.3, 0.4) is 0 Å². The molecule has 108 valence electrons. The third kappa shape index (κ3) is 2.64. The molecule has 2 aromatic carbocycles. The molecule has 0 unspecified atom stereocenters. The lowest BCUT2D eigenvalue weighted by Crippen LogP contribution is -2.32. The Morgan fingerprint density at radius 1 is 1.09 bits per heavy atom. The van der Waals surface area contributed by atoms with Gasteiger partial charge in [0.05, 0.1) is 5.56 Å².